The number of halogens is 1. The first kappa shape index (κ1) is 17.2. The van der Waals surface area contributed by atoms with Crippen molar-refractivity contribution < 1.29 is 8.42 Å². The molecule has 0 fully saturated rings. The topological polar surface area (TPSA) is 56.1 Å². The molecule has 0 amide bonds. The van der Waals surface area contributed by atoms with E-state index >= 15 is 0 Å². The molecule has 126 valence electrons. The fourth-order valence-corrected chi connectivity index (χ4v) is 5.72. The standard InChI is InChI=1S/C17H16ClNO3S2/c1-10-4-11(2)6-12(5-10)9-24(21,22)16-8-15-14(7-13(16)18)19(3)17(20)23-15/h4-8H,9H2,1-3H3. The number of aryl methyl sites for hydroxylation is 3. The van der Waals surface area contributed by atoms with E-state index in [1.807, 2.05) is 32.0 Å². The van der Waals surface area contributed by atoms with Gasteiger partial charge in [0.05, 0.1) is 25.9 Å². The highest BCUT2D eigenvalue weighted by Crippen LogP contribution is 2.31. The van der Waals surface area contributed by atoms with E-state index in [1.54, 1.807) is 13.1 Å². The molecule has 0 bridgehead atoms. The quantitative estimate of drug-likeness (QED) is 0.692. The van der Waals surface area contributed by atoms with Crippen molar-refractivity contribution in [1.29, 1.82) is 0 Å². The second-order valence-corrected chi connectivity index (χ2v) is 9.29. The molecule has 4 nitrogen and oxygen atoms in total. The fourth-order valence-electron chi connectivity index (χ4n) is 2.82. The maximum atomic E-state index is 12.8. The second kappa shape index (κ2) is 6.02. The number of aromatic nitrogens is 1. The molecule has 1 heterocycles. The summed E-state index contributed by atoms with van der Waals surface area (Å²) in [6.45, 7) is 3.87. The fraction of sp³-hybridized carbons (Fsp3) is 0.235. The Hall–Kier alpha value is -1.63. The van der Waals surface area contributed by atoms with E-state index in [4.69, 9.17) is 11.6 Å². The Morgan fingerprint density at radius 3 is 2.33 bits per heavy atom. The zero-order valence-corrected chi connectivity index (χ0v) is 15.8. The van der Waals surface area contributed by atoms with Crippen LogP contribution in [-0.2, 0) is 22.6 Å². The number of thiazole rings is 1. The van der Waals surface area contributed by atoms with Gasteiger partial charge in [-0.2, -0.15) is 0 Å². The first-order chi connectivity index (χ1) is 11.2. The van der Waals surface area contributed by atoms with Gasteiger partial charge in [-0.3, -0.25) is 4.79 Å². The Balaban J connectivity index is 2.11. The molecule has 0 saturated heterocycles. The van der Waals surface area contributed by atoms with E-state index in [9.17, 15) is 13.2 Å². The highest BCUT2D eigenvalue weighted by molar-refractivity contribution is 7.90. The van der Waals surface area contributed by atoms with Gasteiger partial charge in [0.2, 0.25) is 0 Å². The highest BCUT2D eigenvalue weighted by atomic mass is 35.5. The van der Waals surface area contributed by atoms with Crippen molar-refractivity contribution in [2.45, 2.75) is 24.5 Å². The maximum Gasteiger partial charge on any atom is 0.307 e. The van der Waals surface area contributed by atoms with E-state index in [0.717, 1.165) is 28.0 Å². The molecule has 0 saturated carbocycles. The Labute approximate surface area is 149 Å². The third-order valence-electron chi connectivity index (χ3n) is 3.82. The Morgan fingerprint density at radius 1 is 1.08 bits per heavy atom. The number of hydrogen-bond acceptors (Lipinski definition) is 4. The minimum absolute atomic E-state index is 0.0673. The van der Waals surface area contributed by atoms with Gasteiger partial charge in [-0.05, 0) is 31.5 Å². The van der Waals surface area contributed by atoms with Crippen LogP contribution in [0.15, 0.2) is 40.0 Å². The summed E-state index contributed by atoms with van der Waals surface area (Å²) < 4.78 is 27.7. The van der Waals surface area contributed by atoms with Crippen LogP contribution in [0.3, 0.4) is 0 Å². The molecule has 0 atom stereocenters. The lowest BCUT2D eigenvalue weighted by atomic mass is 10.1. The van der Waals surface area contributed by atoms with Gasteiger partial charge in [0.1, 0.15) is 0 Å². The van der Waals surface area contributed by atoms with Crippen LogP contribution in [0.2, 0.25) is 5.02 Å². The highest BCUT2D eigenvalue weighted by Gasteiger charge is 2.21. The Bertz CT molecular complexity index is 1090. The van der Waals surface area contributed by atoms with Crippen LogP contribution >= 0.6 is 22.9 Å². The largest absolute Gasteiger partial charge is 0.307 e. The predicted molar refractivity (Wildman–Crippen MR) is 98.9 cm³/mol. The molecule has 0 radical (unpaired) electrons. The minimum atomic E-state index is -3.61. The van der Waals surface area contributed by atoms with E-state index in [1.165, 1.54) is 10.6 Å². The summed E-state index contributed by atoms with van der Waals surface area (Å²) in [6, 6.07) is 8.76. The number of fused-ring (bicyclic) bond motifs is 1. The van der Waals surface area contributed by atoms with Crippen molar-refractivity contribution in [2.75, 3.05) is 0 Å². The van der Waals surface area contributed by atoms with Gasteiger partial charge in [-0.25, -0.2) is 8.42 Å². The SMILES string of the molecule is Cc1cc(C)cc(CS(=O)(=O)c2cc3sc(=O)n(C)c3cc2Cl)c1. The Morgan fingerprint density at radius 2 is 1.71 bits per heavy atom. The zero-order chi connectivity index (χ0) is 17.6. The van der Waals surface area contributed by atoms with E-state index in [-0.39, 0.29) is 20.5 Å². The molecular weight excluding hydrogens is 366 g/mol. The molecule has 0 aliphatic heterocycles. The van der Waals surface area contributed by atoms with Gasteiger partial charge in [0.15, 0.2) is 9.84 Å². The van der Waals surface area contributed by atoms with Crippen LogP contribution in [0.4, 0.5) is 0 Å². The molecule has 7 heteroatoms. The zero-order valence-electron chi connectivity index (χ0n) is 13.5. The number of hydrogen-bond donors (Lipinski definition) is 0. The van der Waals surface area contributed by atoms with E-state index in [0.29, 0.717) is 10.2 Å². The molecule has 0 unspecified atom stereocenters. The van der Waals surface area contributed by atoms with Crippen molar-refractivity contribution in [2.24, 2.45) is 7.05 Å². The number of nitrogens with zero attached hydrogens (tertiary/aromatic N) is 1. The normalized spacial score (nSPS) is 12.0. The molecule has 0 aliphatic rings. The molecule has 3 rings (SSSR count). The minimum Gasteiger partial charge on any atom is -0.302 e. The third kappa shape index (κ3) is 3.14. The van der Waals surface area contributed by atoms with Crippen LogP contribution in [0.5, 0.6) is 0 Å². The van der Waals surface area contributed by atoms with Gasteiger partial charge in [0, 0.05) is 7.05 Å². The first-order valence-corrected chi connectivity index (χ1v) is 10.1. The summed E-state index contributed by atoms with van der Waals surface area (Å²) in [5.41, 5.74) is 3.40. The van der Waals surface area contributed by atoms with Gasteiger partial charge in [-0.15, -0.1) is 0 Å². The first-order valence-electron chi connectivity index (χ1n) is 7.26. The monoisotopic (exact) mass is 381 g/mol. The lowest BCUT2D eigenvalue weighted by Gasteiger charge is -2.09. The smallest absolute Gasteiger partial charge is 0.302 e. The van der Waals surface area contributed by atoms with Crippen molar-refractivity contribution in [3.05, 3.63) is 61.7 Å². The third-order valence-corrected chi connectivity index (χ3v) is 6.96. The molecule has 0 aliphatic carbocycles. The van der Waals surface area contributed by atoms with Gasteiger partial charge in [-0.1, -0.05) is 52.3 Å². The molecule has 24 heavy (non-hydrogen) atoms. The lowest BCUT2D eigenvalue weighted by Crippen LogP contribution is -2.07. The van der Waals surface area contributed by atoms with Crippen molar-refractivity contribution in [1.82, 2.24) is 4.57 Å². The van der Waals surface area contributed by atoms with Crippen LogP contribution in [-0.4, -0.2) is 13.0 Å². The number of sulfone groups is 1. The summed E-state index contributed by atoms with van der Waals surface area (Å²) in [4.78, 5) is 11.7. The number of rotatable bonds is 3. The van der Waals surface area contributed by atoms with Crippen LogP contribution < -0.4 is 4.87 Å². The predicted octanol–water partition coefficient (Wildman–Crippen LogP) is 3.84. The summed E-state index contributed by atoms with van der Waals surface area (Å²) in [5, 5.41) is 0.139. The molecule has 0 spiro atoms. The van der Waals surface area contributed by atoms with E-state index in [2.05, 4.69) is 0 Å². The molecule has 2 aromatic carbocycles. The van der Waals surface area contributed by atoms with Crippen LogP contribution in [0.25, 0.3) is 10.2 Å². The summed E-state index contributed by atoms with van der Waals surface area (Å²) >= 11 is 7.22. The van der Waals surface area contributed by atoms with Crippen molar-refractivity contribution in [3.63, 3.8) is 0 Å². The molecule has 1 aromatic heterocycles. The average Bonchev–Trinajstić information content (AvgIpc) is 2.71. The molecule has 3 aromatic rings. The summed E-state index contributed by atoms with van der Waals surface area (Å²) in [5.74, 6) is -0.123. The summed E-state index contributed by atoms with van der Waals surface area (Å²) in [7, 11) is -1.97. The van der Waals surface area contributed by atoms with Crippen LogP contribution in [0.1, 0.15) is 16.7 Å². The lowest BCUT2D eigenvalue weighted by molar-refractivity contribution is 0.595. The van der Waals surface area contributed by atoms with Gasteiger partial charge in [0.25, 0.3) is 0 Å². The van der Waals surface area contributed by atoms with Crippen molar-refractivity contribution in [3.8, 4) is 0 Å². The number of benzene rings is 2. The van der Waals surface area contributed by atoms with E-state index < -0.39 is 9.84 Å². The summed E-state index contributed by atoms with van der Waals surface area (Å²) in [6.07, 6.45) is 0. The van der Waals surface area contributed by atoms with Gasteiger partial charge >= 0.3 is 4.87 Å². The van der Waals surface area contributed by atoms with Gasteiger partial charge < -0.3 is 4.57 Å². The van der Waals surface area contributed by atoms with Crippen molar-refractivity contribution >= 4 is 43.0 Å². The average molecular weight is 382 g/mol. The van der Waals surface area contributed by atoms with Crippen LogP contribution in [0, 0.1) is 13.8 Å². The maximum absolute atomic E-state index is 12.8. The second-order valence-electron chi connectivity index (χ2n) is 5.93. The molecular formula is C17H16ClNO3S2. The Kier molecular flexibility index (Phi) is 4.32. The molecule has 0 N–H and O–H groups in total.